The summed E-state index contributed by atoms with van der Waals surface area (Å²) in [6, 6.07) is 9.42. The molecule has 1 aliphatic carbocycles. The number of rotatable bonds is 5. The molecular weight excluding hydrogens is 280 g/mol. The summed E-state index contributed by atoms with van der Waals surface area (Å²) in [4.78, 5) is 16.3. The quantitative estimate of drug-likeness (QED) is 0.890. The zero-order chi connectivity index (χ0) is 15.4. The molecule has 0 bridgehead atoms. The van der Waals surface area contributed by atoms with Crippen molar-refractivity contribution in [2.75, 3.05) is 6.54 Å². The van der Waals surface area contributed by atoms with Crippen LogP contribution in [0, 0.1) is 5.92 Å². The fourth-order valence-corrected chi connectivity index (χ4v) is 2.89. The van der Waals surface area contributed by atoms with Gasteiger partial charge in [0.2, 0.25) is 5.89 Å². The number of nitrogens with zero attached hydrogens (tertiary/aromatic N) is 1. The average molecular weight is 300 g/mol. The first kappa shape index (κ1) is 14.8. The molecule has 1 amide bonds. The summed E-state index contributed by atoms with van der Waals surface area (Å²) in [6.45, 7) is 0.261. The zero-order valence-electron chi connectivity index (χ0n) is 12.4. The molecule has 5 nitrogen and oxygen atoms in total. The Morgan fingerprint density at radius 2 is 2.05 bits per heavy atom. The Morgan fingerprint density at radius 3 is 2.77 bits per heavy atom. The Bertz CT molecular complexity index is 618. The van der Waals surface area contributed by atoms with Crippen LogP contribution in [0.3, 0.4) is 0 Å². The van der Waals surface area contributed by atoms with Crippen LogP contribution in [0.2, 0.25) is 0 Å². The maximum absolute atomic E-state index is 12.1. The first-order valence-electron chi connectivity index (χ1n) is 7.71. The van der Waals surface area contributed by atoms with E-state index in [1.54, 1.807) is 0 Å². The second-order valence-electron chi connectivity index (χ2n) is 5.73. The maximum atomic E-state index is 12.1. The van der Waals surface area contributed by atoms with Gasteiger partial charge in [0.05, 0.1) is 6.10 Å². The molecule has 0 spiro atoms. The van der Waals surface area contributed by atoms with Crippen LogP contribution in [-0.4, -0.2) is 28.6 Å². The number of hydrogen-bond donors (Lipinski definition) is 2. The van der Waals surface area contributed by atoms with Crippen LogP contribution < -0.4 is 5.32 Å². The van der Waals surface area contributed by atoms with Gasteiger partial charge in [-0.3, -0.25) is 4.79 Å². The van der Waals surface area contributed by atoms with Gasteiger partial charge in [-0.25, -0.2) is 4.98 Å². The predicted octanol–water partition coefficient (Wildman–Crippen LogP) is 2.62. The second-order valence-corrected chi connectivity index (χ2v) is 5.73. The van der Waals surface area contributed by atoms with E-state index in [1.165, 1.54) is 19.1 Å². The van der Waals surface area contributed by atoms with Crippen LogP contribution >= 0.6 is 0 Å². The summed E-state index contributed by atoms with van der Waals surface area (Å²) in [5.41, 5.74) is 1.06. The lowest BCUT2D eigenvalue weighted by atomic mass is 10.0. The summed E-state index contributed by atoms with van der Waals surface area (Å²) in [5, 5.41) is 12.8. The van der Waals surface area contributed by atoms with Gasteiger partial charge < -0.3 is 14.8 Å². The number of carbonyl (C=O) groups excluding carboxylic acids is 1. The van der Waals surface area contributed by atoms with Gasteiger partial charge in [0, 0.05) is 12.1 Å². The summed E-state index contributed by atoms with van der Waals surface area (Å²) in [5.74, 6) is 0.405. The van der Waals surface area contributed by atoms with Crippen molar-refractivity contribution in [3.63, 3.8) is 0 Å². The van der Waals surface area contributed by atoms with E-state index < -0.39 is 6.10 Å². The van der Waals surface area contributed by atoms with Gasteiger partial charge in [-0.1, -0.05) is 31.0 Å². The zero-order valence-corrected chi connectivity index (χ0v) is 12.4. The Morgan fingerprint density at radius 1 is 1.32 bits per heavy atom. The predicted molar refractivity (Wildman–Crippen MR) is 82.2 cm³/mol. The molecule has 1 heterocycles. The number of nitrogens with one attached hydrogen (secondary N) is 1. The van der Waals surface area contributed by atoms with Crippen molar-refractivity contribution in [3.8, 4) is 11.5 Å². The molecule has 116 valence electrons. The van der Waals surface area contributed by atoms with Gasteiger partial charge in [0.15, 0.2) is 5.69 Å². The largest absolute Gasteiger partial charge is 0.444 e. The lowest BCUT2D eigenvalue weighted by Crippen LogP contribution is -2.35. The highest BCUT2D eigenvalue weighted by molar-refractivity contribution is 5.92. The van der Waals surface area contributed by atoms with Crippen LogP contribution in [0.1, 0.15) is 36.2 Å². The number of aromatic nitrogens is 1. The summed E-state index contributed by atoms with van der Waals surface area (Å²) in [7, 11) is 0. The number of hydrogen-bond acceptors (Lipinski definition) is 4. The number of aliphatic hydroxyl groups is 1. The Labute approximate surface area is 129 Å². The van der Waals surface area contributed by atoms with Crippen LogP contribution in [0.4, 0.5) is 0 Å². The van der Waals surface area contributed by atoms with Crippen molar-refractivity contribution in [2.24, 2.45) is 5.92 Å². The highest BCUT2D eigenvalue weighted by Crippen LogP contribution is 2.27. The highest BCUT2D eigenvalue weighted by atomic mass is 16.3. The summed E-state index contributed by atoms with van der Waals surface area (Å²) in [6.07, 6.45) is 5.28. The van der Waals surface area contributed by atoms with Crippen molar-refractivity contribution in [2.45, 2.75) is 31.8 Å². The van der Waals surface area contributed by atoms with E-state index in [2.05, 4.69) is 10.3 Å². The van der Waals surface area contributed by atoms with E-state index >= 15 is 0 Å². The molecule has 1 fully saturated rings. The van der Waals surface area contributed by atoms with Crippen molar-refractivity contribution in [3.05, 3.63) is 42.3 Å². The number of aliphatic hydroxyl groups excluding tert-OH is 1. The third-order valence-corrected chi connectivity index (χ3v) is 4.17. The number of benzene rings is 1. The van der Waals surface area contributed by atoms with E-state index in [1.807, 2.05) is 30.3 Å². The molecule has 0 aliphatic heterocycles. The molecule has 1 aliphatic rings. The van der Waals surface area contributed by atoms with Crippen molar-refractivity contribution in [1.82, 2.24) is 10.3 Å². The lowest BCUT2D eigenvalue weighted by molar-refractivity contribution is 0.0836. The smallest absolute Gasteiger partial charge is 0.273 e. The number of carbonyl (C=O) groups is 1. The lowest BCUT2D eigenvalue weighted by Gasteiger charge is -2.17. The van der Waals surface area contributed by atoms with E-state index in [0.717, 1.165) is 18.4 Å². The molecule has 2 aromatic rings. The molecule has 1 aromatic heterocycles. The van der Waals surface area contributed by atoms with E-state index in [-0.39, 0.29) is 18.1 Å². The SMILES string of the molecule is O=C(NCC(O)C1CCCC1)c1coc(-c2ccccc2)n1. The Hall–Kier alpha value is -2.14. The van der Waals surface area contributed by atoms with Gasteiger partial charge in [-0.15, -0.1) is 0 Å². The number of oxazole rings is 1. The van der Waals surface area contributed by atoms with E-state index in [4.69, 9.17) is 4.42 Å². The van der Waals surface area contributed by atoms with Crippen molar-refractivity contribution >= 4 is 5.91 Å². The van der Waals surface area contributed by atoms with Gasteiger partial charge in [-0.2, -0.15) is 0 Å². The maximum Gasteiger partial charge on any atom is 0.273 e. The van der Waals surface area contributed by atoms with Crippen LogP contribution in [0.15, 0.2) is 41.0 Å². The van der Waals surface area contributed by atoms with Gasteiger partial charge in [-0.05, 0) is 30.9 Å². The normalized spacial score (nSPS) is 16.6. The average Bonchev–Trinajstić information content (AvgIpc) is 3.24. The molecule has 1 unspecified atom stereocenters. The third kappa shape index (κ3) is 3.36. The minimum Gasteiger partial charge on any atom is -0.444 e. The second kappa shape index (κ2) is 6.75. The molecule has 1 aromatic carbocycles. The fourth-order valence-electron chi connectivity index (χ4n) is 2.89. The van der Waals surface area contributed by atoms with E-state index in [9.17, 15) is 9.90 Å². The molecule has 1 saturated carbocycles. The van der Waals surface area contributed by atoms with Gasteiger partial charge in [0.1, 0.15) is 6.26 Å². The first-order valence-corrected chi connectivity index (χ1v) is 7.71. The standard InChI is InChI=1S/C17H20N2O3/c20-15(12-6-4-5-7-12)10-18-16(21)14-11-22-17(19-14)13-8-2-1-3-9-13/h1-3,8-9,11-12,15,20H,4-7,10H2,(H,18,21). The molecule has 3 rings (SSSR count). The van der Waals surface area contributed by atoms with Crippen LogP contribution in [-0.2, 0) is 0 Å². The molecule has 0 saturated heterocycles. The first-order chi connectivity index (χ1) is 10.7. The Balaban J connectivity index is 1.57. The molecule has 5 heteroatoms. The summed E-state index contributed by atoms with van der Waals surface area (Å²) < 4.78 is 5.34. The third-order valence-electron chi connectivity index (χ3n) is 4.17. The molecule has 1 atom stereocenters. The Kier molecular flexibility index (Phi) is 4.53. The summed E-state index contributed by atoms with van der Waals surface area (Å²) >= 11 is 0. The molecule has 2 N–H and O–H groups in total. The molecule has 0 radical (unpaired) electrons. The van der Waals surface area contributed by atoms with Crippen LogP contribution in [0.5, 0.6) is 0 Å². The topological polar surface area (TPSA) is 75.4 Å². The van der Waals surface area contributed by atoms with Crippen molar-refractivity contribution < 1.29 is 14.3 Å². The molecular formula is C17H20N2O3. The molecule has 22 heavy (non-hydrogen) atoms. The van der Waals surface area contributed by atoms with Crippen LogP contribution in [0.25, 0.3) is 11.5 Å². The minimum absolute atomic E-state index is 0.234. The van der Waals surface area contributed by atoms with E-state index in [0.29, 0.717) is 11.8 Å². The van der Waals surface area contributed by atoms with Crippen molar-refractivity contribution in [1.29, 1.82) is 0 Å². The number of amides is 1. The monoisotopic (exact) mass is 300 g/mol. The highest BCUT2D eigenvalue weighted by Gasteiger charge is 2.24. The fraction of sp³-hybridized carbons (Fsp3) is 0.412. The minimum atomic E-state index is -0.480. The van der Waals surface area contributed by atoms with Gasteiger partial charge in [0.25, 0.3) is 5.91 Å². The van der Waals surface area contributed by atoms with Gasteiger partial charge >= 0.3 is 0 Å².